The Morgan fingerprint density at radius 1 is 1.47 bits per heavy atom. The van der Waals surface area contributed by atoms with Crippen molar-refractivity contribution >= 4 is 23.2 Å². The fraction of sp³-hybridized carbons (Fsp3) is 0.308. The topological polar surface area (TPSA) is 51.0 Å². The van der Waals surface area contributed by atoms with E-state index in [-0.39, 0.29) is 11.9 Å². The summed E-state index contributed by atoms with van der Waals surface area (Å²) in [5.41, 5.74) is 2.50. The SMILES string of the molecule is CC1Cc2cc(Cl)ccc2N1C(=O)c1cnnn1C. The monoisotopic (exact) mass is 276 g/mol. The van der Waals surface area contributed by atoms with Gasteiger partial charge in [-0.05, 0) is 37.1 Å². The fourth-order valence-corrected chi connectivity index (χ4v) is 2.71. The lowest BCUT2D eigenvalue weighted by Crippen LogP contribution is -2.36. The number of carbonyl (C=O) groups is 1. The second-order valence-corrected chi connectivity index (χ2v) is 5.18. The quantitative estimate of drug-likeness (QED) is 0.801. The molecule has 19 heavy (non-hydrogen) atoms. The van der Waals surface area contributed by atoms with Crippen molar-refractivity contribution < 1.29 is 4.79 Å². The number of aromatic nitrogens is 3. The van der Waals surface area contributed by atoms with Crippen LogP contribution in [0.3, 0.4) is 0 Å². The van der Waals surface area contributed by atoms with E-state index in [1.807, 2.05) is 19.1 Å². The molecule has 5 nitrogen and oxygen atoms in total. The standard InChI is InChI=1S/C13H13ClN4O/c1-8-5-9-6-10(14)3-4-11(9)18(8)13(19)12-7-15-16-17(12)2/h3-4,6-8H,5H2,1-2H3. The van der Waals surface area contributed by atoms with Crippen molar-refractivity contribution in [1.29, 1.82) is 0 Å². The van der Waals surface area contributed by atoms with Gasteiger partial charge in [0.25, 0.3) is 5.91 Å². The van der Waals surface area contributed by atoms with E-state index in [2.05, 4.69) is 10.3 Å². The van der Waals surface area contributed by atoms with Crippen LogP contribution in [0.15, 0.2) is 24.4 Å². The highest BCUT2D eigenvalue weighted by Crippen LogP contribution is 2.34. The number of hydrogen-bond acceptors (Lipinski definition) is 3. The minimum atomic E-state index is -0.0823. The third-order valence-corrected chi connectivity index (χ3v) is 3.64. The number of amides is 1. The van der Waals surface area contributed by atoms with E-state index < -0.39 is 0 Å². The zero-order valence-electron chi connectivity index (χ0n) is 10.7. The third-order valence-electron chi connectivity index (χ3n) is 3.41. The Balaban J connectivity index is 2.03. The van der Waals surface area contributed by atoms with Crippen LogP contribution in [0.1, 0.15) is 23.0 Å². The van der Waals surface area contributed by atoms with Crippen molar-refractivity contribution in [3.63, 3.8) is 0 Å². The molecule has 0 aliphatic carbocycles. The van der Waals surface area contributed by atoms with Gasteiger partial charge in [0.05, 0.1) is 6.20 Å². The van der Waals surface area contributed by atoms with Crippen LogP contribution < -0.4 is 4.90 Å². The number of fused-ring (bicyclic) bond motifs is 1. The normalized spacial score (nSPS) is 17.6. The summed E-state index contributed by atoms with van der Waals surface area (Å²) in [6, 6.07) is 5.72. The summed E-state index contributed by atoms with van der Waals surface area (Å²) in [4.78, 5) is 14.4. The summed E-state index contributed by atoms with van der Waals surface area (Å²) in [5.74, 6) is -0.0823. The molecule has 0 saturated heterocycles. The first kappa shape index (κ1) is 12.2. The van der Waals surface area contributed by atoms with E-state index in [4.69, 9.17) is 11.6 Å². The maximum absolute atomic E-state index is 12.6. The molecule has 2 heterocycles. The highest BCUT2D eigenvalue weighted by Gasteiger charge is 2.32. The maximum Gasteiger partial charge on any atom is 0.278 e. The summed E-state index contributed by atoms with van der Waals surface area (Å²) >= 11 is 6.00. The molecule has 3 rings (SSSR count). The maximum atomic E-state index is 12.6. The highest BCUT2D eigenvalue weighted by atomic mass is 35.5. The molecule has 0 N–H and O–H groups in total. The van der Waals surface area contributed by atoms with Gasteiger partial charge in [-0.1, -0.05) is 16.8 Å². The van der Waals surface area contributed by atoms with E-state index in [0.717, 1.165) is 17.7 Å². The van der Waals surface area contributed by atoms with Gasteiger partial charge in [0, 0.05) is 23.8 Å². The van der Waals surface area contributed by atoms with E-state index in [1.54, 1.807) is 18.0 Å². The molecule has 0 spiro atoms. The first-order valence-corrected chi connectivity index (χ1v) is 6.42. The molecule has 0 saturated carbocycles. The molecule has 1 aliphatic heterocycles. The lowest BCUT2D eigenvalue weighted by Gasteiger charge is -2.22. The Hall–Kier alpha value is -1.88. The number of nitrogens with zero attached hydrogens (tertiary/aromatic N) is 4. The van der Waals surface area contributed by atoms with Crippen LogP contribution >= 0.6 is 11.6 Å². The summed E-state index contributed by atoms with van der Waals surface area (Å²) < 4.78 is 1.49. The number of hydrogen-bond donors (Lipinski definition) is 0. The van der Waals surface area contributed by atoms with Gasteiger partial charge in [-0.2, -0.15) is 0 Å². The Labute approximate surface area is 115 Å². The number of rotatable bonds is 1. The zero-order chi connectivity index (χ0) is 13.6. The molecular formula is C13H13ClN4O. The van der Waals surface area contributed by atoms with Crippen LogP contribution in [-0.2, 0) is 13.5 Å². The Morgan fingerprint density at radius 2 is 2.26 bits per heavy atom. The van der Waals surface area contributed by atoms with Crippen LogP contribution in [0.5, 0.6) is 0 Å². The third kappa shape index (κ3) is 1.90. The number of carbonyl (C=O) groups excluding carboxylic acids is 1. The molecule has 1 amide bonds. The second kappa shape index (κ2) is 4.35. The Morgan fingerprint density at radius 3 is 2.95 bits per heavy atom. The van der Waals surface area contributed by atoms with E-state index in [0.29, 0.717) is 10.7 Å². The molecule has 1 aromatic heterocycles. The molecule has 0 bridgehead atoms. The van der Waals surface area contributed by atoms with Crippen LogP contribution in [0.25, 0.3) is 0 Å². The molecule has 1 aliphatic rings. The van der Waals surface area contributed by atoms with Gasteiger partial charge in [-0.3, -0.25) is 4.79 Å². The summed E-state index contributed by atoms with van der Waals surface area (Å²) in [6.45, 7) is 2.02. The van der Waals surface area contributed by atoms with Gasteiger partial charge in [0.1, 0.15) is 5.69 Å². The smallest absolute Gasteiger partial charge is 0.278 e. The summed E-state index contributed by atoms with van der Waals surface area (Å²) in [6.07, 6.45) is 2.30. The predicted molar refractivity (Wildman–Crippen MR) is 72.4 cm³/mol. The van der Waals surface area contributed by atoms with Crippen molar-refractivity contribution in [2.24, 2.45) is 7.05 Å². The van der Waals surface area contributed by atoms with Gasteiger partial charge in [0.15, 0.2) is 0 Å². The van der Waals surface area contributed by atoms with Crippen LogP contribution in [0.4, 0.5) is 5.69 Å². The van der Waals surface area contributed by atoms with Gasteiger partial charge in [0.2, 0.25) is 0 Å². The van der Waals surface area contributed by atoms with E-state index in [1.165, 1.54) is 10.9 Å². The number of halogens is 1. The molecular weight excluding hydrogens is 264 g/mol. The van der Waals surface area contributed by atoms with Crippen LogP contribution in [0, 0.1) is 0 Å². The summed E-state index contributed by atoms with van der Waals surface area (Å²) in [7, 11) is 1.71. The lowest BCUT2D eigenvalue weighted by atomic mass is 10.1. The highest BCUT2D eigenvalue weighted by molar-refractivity contribution is 6.30. The van der Waals surface area contributed by atoms with Crippen LogP contribution in [-0.4, -0.2) is 26.9 Å². The van der Waals surface area contributed by atoms with Crippen molar-refractivity contribution in [3.8, 4) is 0 Å². The minimum Gasteiger partial charge on any atom is -0.304 e. The van der Waals surface area contributed by atoms with Crippen LogP contribution in [0.2, 0.25) is 5.02 Å². The van der Waals surface area contributed by atoms with Gasteiger partial charge in [-0.25, -0.2) is 4.68 Å². The molecule has 0 fully saturated rings. The molecule has 1 aromatic carbocycles. The van der Waals surface area contributed by atoms with E-state index in [9.17, 15) is 4.79 Å². The average molecular weight is 277 g/mol. The second-order valence-electron chi connectivity index (χ2n) is 4.74. The number of benzene rings is 1. The molecule has 2 aromatic rings. The van der Waals surface area contributed by atoms with Crippen molar-refractivity contribution in [2.45, 2.75) is 19.4 Å². The first-order chi connectivity index (χ1) is 9.08. The molecule has 1 atom stereocenters. The van der Waals surface area contributed by atoms with Gasteiger partial charge >= 0.3 is 0 Å². The largest absolute Gasteiger partial charge is 0.304 e. The molecule has 1 unspecified atom stereocenters. The number of aryl methyl sites for hydroxylation is 1. The Kier molecular flexibility index (Phi) is 2.78. The van der Waals surface area contributed by atoms with Crippen molar-refractivity contribution in [1.82, 2.24) is 15.0 Å². The van der Waals surface area contributed by atoms with Gasteiger partial charge < -0.3 is 4.90 Å². The van der Waals surface area contributed by atoms with Crippen molar-refractivity contribution in [2.75, 3.05) is 4.90 Å². The van der Waals surface area contributed by atoms with Crippen molar-refractivity contribution in [3.05, 3.63) is 40.7 Å². The zero-order valence-corrected chi connectivity index (χ0v) is 11.4. The minimum absolute atomic E-state index is 0.0823. The number of anilines is 1. The summed E-state index contributed by atoms with van der Waals surface area (Å²) in [5, 5.41) is 8.25. The first-order valence-electron chi connectivity index (χ1n) is 6.04. The average Bonchev–Trinajstić information content (AvgIpc) is 2.90. The predicted octanol–water partition coefficient (Wildman–Crippen LogP) is 2.06. The molecule has 0 radical (unpaired) electrons. The van der Waals surface area contributed by atoms with E-state index >= 15 is 0 Å². The molecule has 98 valence electrons. The lowest BCUT2D eigenvalue weighted by molar-refractivity contribution is 0.0972. The fourth-order valence-electron chi connectivity index (χ4n) is 2.52. The Bertz CT molecular complexity index is 652. The molecule has 6 heteroatoms. The van der Waals surface area contributed by atoms with Gasteiger partial charge in [-0.15, -0.1) is 5.10 Å².